The Labute approximate surface area is 216 Å². The van der Waals surface area contributed by atoms with Gasteiger partial charge in [-0.1, -0.05) is 34.1 Å². The number of rotatable bonds is 6. The summed E-state index contributed by atoms with van der Waals surface area (Å²) in [5.41, 5.74) is 1.34. The van der Waals surface area contributed by atoms with Crippen molar-refractivity contribution in [1.29, 1.82) is 0 Å². The standard InChI is InChI=1S/C26H25BrF3N3O2S/c27-21-4-2-1-3-20(21)25(9-10-25)14-31-36(34,35)19-6-7-22-17(11-19)5-8-23(32-22)33-15-24(16-33)12-18(13-24)26(28,29)30/h1-8,11,18,31H,9-10,12-16H2. The molecule has 0 radical (unpaired) electrons. The monoisotopic (exact) mass is 579 g/mol. The maximum absolute atomic E-state index is 13.1. The topological polar surface area (TPSA) is 62.3 Å². The molecule has 0 unspecified atom stereocenters. The highest BCUT2D eigenvalue weighted by Gasteiger charge is 2.60. The third-order valence-electron chi connectivity index (χ3n) is 8.05. The molecule has 3 aromatic rings. The predicted molar refractivity (Wildman–Crippen MR) is 135 cm³/mol. The minimum atomic E-state index is -4.10. The Balaban J connectivity index is 1.13. The maximum Gasteiger partial charge on any atom is 0.391 e. The molecule has 3 aliphatic rings. The van der Waals surface area contributed by atoms with Crippen LogP contribution in [-0.2, 0) is 15.4 Å². The van der Waals surface area contributed by atoms with Crippen LogP contribution >= 0.6 is 15.9 Å². The number of aromatic nitrogens is 1. The summed E-state index contributed by atoms with van der Waals surface area (Å²) >= 11 is 3.58. The number of fused-ring (bicyclic) bond motifs is 1. The van der Waals surface area contributed by atoms with Crippen LogP contribution in [0.5, 0.6) is 0 Å². The van der Waals surface area contributed by atoms with Gasteiger partial charge in [0.2, 0.25) is 10.0 Å². The van der Waals surface area contributed by atoms with Crippen molar-refractivity contribution in [1.82, 2.24) is 9.71 Å². The second kappa shape index (κ2) is 8.16. The first kappa shape index (κ1) is 24.2. The molecule has 2 heterocycles. The molecule has 1 saturated heterocycles. The molecule has 0 atom stereocenters. The SMILES string of the molecule is O=S(=O)(NCC1(c2ccccc2Br)CC1)c1ccc2nc(N3CC4(CC(C(F)(F)F)C4)C3)ccc2c1. The van der Waals surface area contributed by atoms with Crippen molar-refractivity contribution >= 4 is 42.7 Å². The average molecular weight is 580 g/mol. The number of alkyl halides is 3. The fourth-order valence-electron chi connectivity index (χ4n) is 5.74. The first-order valence-electron chi connectivity index (χ1n) is 12.0. The lowest BCUT2D eigenvalue weighted by molar-refractivity contribution is -0.225. The Morgan fingerprint density at radius 2 is 1.78 bits per heavy atom. The third kappa shape index (κ3) is 4.20. The van der Waals surface area contributed by atoms with Gasteiger partial charge in [-0.25, -0.2) is 18.1 Å². The van der Waals surface area contributed by atoms with E-state index < -0.39 is 22.1 Å². The predicted octanol–water partition coefficient (Wildman–Crippen LogP) is 5.79. The summed E-state index contributed by atoms with van der Waals surface area (Å²) in [6.07, 6.45) is -1.86. The van der Waals surface area contributed by atoms with Crippen LogP contribution in [0.1, 0.15) is 31.2 Å². The number of hydrogen-bond donors (Lipinski definition) is 1. The van der Waals surface area contributed by atoms with E-state index in [1.807, 2.05) is 41.3 Å². The number of anilines is 1. The fraction of sp³-hybridized carbons (Fsp3) is 0.423. The molecule has 1 N–H and O–H groups in total. The van der Waals surface area contributed by atoms with E-state index in [-0.39, 0.29) is 28.6 Å². The Bertz CT molecular complexity index is 1440. The van der Waals surface area contributed by atoms with E-state index in [1.165, 1.54) is 0 Å². The summed E-state index contributed by atoms with van der Waals surface area (Å²) in [6, 6.07) is 16.4. The fourth-order valence-corrected chi connectivity index (χ4v) is 7.60. The molecule has 2 aromatic carbocycles. The largest absolute Gasteiger partial charge is 0.391 e. The molecular weight excluding hydrogens is 555 g/mol. The van der Waals surface area contributed by atoms with Gasteiger partial charge in [0, 0.05) is 40.3 Å². The van der Waals surface area contributed by atoms with Crippen LogP contribution in [0.4, 0.5) is 19.0 Å². The van der Waals surface area contributed by atoms with Crippen molar-refractivity contribution in [3.63, 3.8) is 0 Å². The number of pyridine rings is 1. The average Bonchev–Trinajstić information content (AvgIpc) is 3.56. The Morgan fingerprint density at radius 3 is 2.44 bits per heavy atom. The van der Waals surface area contributed by atoms with Gasteiger partial charge in [0.05, 0.1) is 16.3 Å². The Kier molecular flexibility index (Phi) is 5.48. The zero-order valence-electron chi connectivity index (χ0n) is 19.4. The van der Waals surface area contributed by atoms with E-state index in [1.54, 1.807) is 18.2 Å². The van der Waals surface area contributed by atoms with Gasteiger partial charge < -0.3 is 4.90 Å². The van der Waals surface area contributed by atoms with Crippen LogP contribution in [0.15, 0.2) is 64.0 Å². The number of halogens is 4. The van der Waals surface area contributed by atoms with Crippen LogP contribution in [0, 0.1) is 11.3 Å². The van der Waals surface area contributed by atoms with Gasteiger partial charge in [0.25, 0.3) is 0 Å². The van der Waals surface area contributed by atoms with E-state index in [9.17, 15) is 21.6 Å². The molecule has 0 bridgehead atoms. The summed E-state index contributed by atoms with van der Waals surface area (Å²) in [4.78, 5) is 6.82. The van der Waals surface area contributed by atoms with E-state index in [0.717, 1.165) is 22.9 Å². The summed E-state index contributed by atoms with van der Waals surface area (Å²) < 4.78 is 68.5. The normalized spacial score (nSPS) is 20.8. The van der Waals surface area contributed by atoms with Crippen LogP contribution in [-0.4, -0.2) is 39.2 Å². The molecule has 36 heavy (non-hydrogen) atoms. The summed E-state index contributed by atoms with van der Waals surface area (Å²) in [6.45, 7) is 1.49. The molecule has 1 spiro atoms. The van der Waals surface area contributed by atoms with Crippen LogP contribution in [0.25, 0.3) is 10.9 Å². The van der Waals surface area contributed by atoms with Crippen molar-refractivity contribution in [2.45, 2.75) is 42.2 Å². The van der Waals surface area contributed by atoms with Crippen LogP contribution < -0.4 is 9.62 Å². The molecule has 1 aliphatic heterocycles. The maximum atomic E-state index is 13.1. The number of benzene rings is 2. The minimum absolute atomic E-state index is 0.183. The summed E-state index contributed by atoms with van der Waals surface area (Å²) in [5.74, 6) is -0.469. The van der Waals surface area contributed by atoms with Gasteiger partial charge in [-0.2, -0.15) is 13.2 Å². The summed E-state index contributed by atoms with van der Waals surface area (Å²) in [5, 5.41) is 0.699. The first-order valence-corrected chi connectivity index (χ1v) is 14.2. The second-order valence-corrected chi connectivity index (χ2v) is 13.2. The van der Waals surface area contributed by atoms with Crippen LogP contribution in [0.3, 0.4) is 0 Å². The molecular formula is C26H25BrF3N3O2S. The molecule has 5 nitrogen and oxygen atoms in total. The van der Waals surface area contributed by atoms with Gasteiger partial charge in [-0.15, -0.1) is 0 Å². The van der Waals surface area contributed by atoms with E-state index in [2.05, 4.69) is 25.6 Å². The highest BCUT2D eigenvalue weighted by Crippen LogP contribution is 2.57. The van der Waals surface area contributed by atoms with Crippen molar-refractivity contribution in [3.8, 4) is 0 Å². The molecule has 1 aromatic heterocycles. The van der Waals surface area contributed by atoms with E-state index in [0.29, 0.717) is 36.4 Å². The van der Waals surface area contributed by atoms with Gasteiger partial charge >= 0.3 is 6.18 Å². The Hall–Kier alpha value is -2.17. The zero-order chi connectivity index (χ0) is 25.3. The van der Waals surface area contributed by atoms with Crippen molar-refractivity contribution in [2.24, 2.45) is 11.3 Å². The van der Waals surface area contributed by atoms with Crippen molar-refractivity contribution in [2.75, 3.05) is 24.5 Å². The van der Waals surface area contributed by atoms with Gasteiger partial charge in [0.15, 0.2) is 0 Å². The van der Waals surface area contributed by atoms with E-state index >= 15 is 0 Å². The third-order valence-corrected chi connectivity index (χ3v) is 10.1. The summed E-state index contributed by atoms with van der Waals surface area (Å²) in [7, 11) is -3.71. The molecule has 2 aliphatic carbocycles. The lowest BCUT2D eigenvalue weighted by Crippen LogP contribution is -2.64. The molecule has 0 amide bonds. The van der Waals surface area contributed by atoms with Crippen molar-refractivity contribution < 1.29 is 21.6 Å². The highest BCUT2D eigenvalue weighted by molar-refractivity contribution is 9.10. The zero-order valence-corrected chi connectivity index (χ0v) is 21.8. The van der Waals surface area contributed by atoms with Gasteiger partial charge in [0.1, 0.15) is 5.82 Å². The lowest BCUT2D eigenvalue weighted by atomic mass is 9.57. The van der Waals surface area contributed by atoms with Crippen LogP contribution in [0.2, 0.25) is 0 Å². The number of hydrogen-bond acceptors (Lipinski definition) is 4. The Morgan fingerprint density at radius 1 is 1.06 bits per heavy atom. The molecule has 3 fully saturated rings. The number of nitrogens with one attached hydrogen (secondary N) is 1. The minimum Gasteiger partial charge on any atom is -0.355 e. The quantitative estimate of drug-likeness (QED) is 0.402. The highest BCUT2D eigenvalue weighted by atomic mass is 79.9. The molecule has 190 valence electrons. The molecule has 10 heteroatoms. The van der Waals surface area contributed by atoms with E-state index in [4.69, 9.17) is 0 Å². The number of nitrogens with zero attached hydrogens (tertiary/aromatic N) is 2. The molecule has 6 rings (SSSR count). The van der Waals surface area contributed by atoms with Crippen molar-refractivity contribution in [3.05, 3.63) is 64.6 Å². The first-order chi connectivity index (χ1) is 17.0. The molecule has 2 saturated carbocycles. The lowest BCUT2D eigenvalue weighted by Gasteiger charge is -2.59. The van der Waals surface area contributed by atoms with Gasteiger partial charge in [-0.3, -0.25) is 0 Å². The smallest absolute Gasteiger partial charge is 0.355 e. The van der Waals surface area contributed by atoms with Gasteiger partial charge in [-0.05, 0) is 67.6 Å². The second-order valence-electron chi connectivity index (χ2n) is 10.6. The number of sulfonamides is 1.